The Labute approximate surface area is 211 Å². The fourth-order valence-corrected chi connectivity index (χ4v) is 4.58. The summed E-state index contributed by atoms with van der Waals surface area (Å²) in [6, 6.07) is 10.2. The molecule has 3 aromatic rings. The van der Waals surface area contributed by atoms with Crippen molar-refractivity contribution >= 4 is 17.5 Å². The fourth-order valence-electron chi connectivity index (χ4n) is 4.40. The second-order valence-corrected chi connectivity index (χ2v) is 9.53. The lowest BCUT2D eigenvalue weighted by Crippen LogP contribution is -2.30. The van der Waals surface area contributed by atoms with Gasteiger partial charge < -0.3 is 19.5 Å². The molecule has 2 aromatic carbocycles. The third-order valence-corrected chi connectivity index (χ3v) is 6.31. The van der Waals surface area contributed by atoms with Crippen LogP contribution in [0.25, 0.3) is 11.3 Å². The van der Waals surface area contributed by atoms with Gasteiger partial charge in [0.1, 0.15) is 17.1 Å². The molecule has 4 rings (SSSR count). The van der Waals surface area contributed by atoms with Gasteiger partial charge in [-0.1, -0.05) is 38.4 Å². The van der Waals surface area contributed by atoms with Crippen LogP contribution < -0.4 is 9.47 Å². The molecular weight excluding hydrogens is 466 g/mol. The van der Waals surface area contributed by atoms with Crippen molar-refractivity contribution in [1.29, 1.82) is 0 Å². The third-order valence-electron chi connectivity index (χ3n) is 6.08. The number of phenols is 1. The van der Waals surface area contributed by atoms with Crippen LogP contribution >= 0.6 is 11.6 Å². The number of ether oxygens (including phenoxy) is 2. The summed E-state index contributed by atoms with van der Waals surface area (Å²) in [5.41, 5.74) is 3.01. The lowest BCUT2D eigenvalue weighted by Gasteiger charge is -2.27. The van der Waals surface area contributed by atoms with E-state index in [1.165, 1.54) is 6.07 Å². The number of aromatic hydroxyl groups is 1. The summed E-state index contributed by atoms with van der Waals surface area (Å²) < 4.78 is 11.9. The molecule has 7 nitrogen and oxygen atoms in total. The molecule has 0 radical (unpaired) electrons. The van der Waals surface area contributed by atoms with Gasteiger partial charge in [-0.3, -0.25) is 9.89 Å². The highest BCUT2D eigenvalue weighted by molar-refractivity contribution is 6.31. The number of H-pyrrole nitrogens is 1. The quantitative estimate of drug-likeness (QED) is 0.347. The zero-order valence-corrected chi connectivity index (χ0v) is 21.4. The predicted molar refractivity (Wildman–Crippen MR) is 136 cm³/mol. The first kappa shape index (κ1) is 24.9. The molecule has 1 atom stereocenters. The Balaban J connectivity index is 1.80. The number of hydrogen-bond acceptors (Lipinski definition) is 5. The van der Waals surface area contributed by atoms with Crippen LogP contribution in [-0.4, -0.2) is 45.9 Å². The molecule has 0 bridgehead atoms. The van der Waals surface area contributed by atoms with Gasteiger partial charge >= 0.3 is 0 Å². The SMILES string of the molecule is CCCN1C(=O)c2[nH]nc(-c3cc(Cl)ccc3O)c2C1c1ccc(OCCC(C)C)c(OCC)c1. The van der Waals surface area contributed by atoms with Gasteiger partial charge in [-0.2, -0.15) is 5.10 Å². The Hall–Kier alpha value is -3.19. The van der Waals surface area contributed by atoms with E-state index in [9.17, 15) is 9.90 Å². The Kier molecular flexibility index (Phi) is 7.55. The van der Waals surface area contributed by atoms with Gasteiger partial charge in [0.2, 0.25) is 0 Å². The second-order valence-electron chi connectivity index (χ2n) is 9.09. The van der Waals surface area contributed by atoms with Crippen LogP contribution in [-0.2, 0) is 0 Å². The van der Waals surface area contributed by atoms with Gasteiger partial charge in [0.05, 0.1) is 19.3 Å². The lowest BCUT2D eigenvalue weighted by atomic mass is 9.95. The highest BCUT2D eigenvalue weighted by atomic mass is 35.5. The van der Waals surface area contributed by atoms with Crippen molar-refractivity contribution in [2.24, 2.45) is 5.92 Å². The maximum atomic E-state index is 13.4. The highest BCUT2D eigenvalue weighted by Gasteiger charge is 2.42. The Morgan fingerprint density at radius 1 is 1.14 bits per heavy atom. The van der Waals surface area contributed by atoms with Crippen LogP contribution in [0, 0.1) is 5.92 Å². The van der Waals surface area contributed by atoms with Gasteiger partial charge in [-0.25, -0.2) is 0 Å². The van der Waals surface area contributed by atoms with Crippen LogP contribution in [0.2, 0.25) is 5.02 Å². The van der Waals surface area contributed by atoms with E-state index in [0.717, 1.165) is 24.0 Å². The molecule has 2 heterocycles. The number of nitrogens with zero attached hydrogens (tertiary/aromatic N) is 2. The normalized spacial score (nSPS) is 15.1. The van der Waals surface area contributed by atoms with Crippen molar-refractivity contribution in [2.75, 3.05) is 19.8 Å². The Bertz CT molecular complexity index is 1210. The summed E-state index contributed by atoms with van der Waals surface area (Å²) in [5.74, 6) is 1.79. The summed E-state index contributed by atoms with van der Waals surface area (Å²) >= 11 is 6.22. The summed E-state index contributed by atoms with van der Waals surface area (Å²) in [5, 5.41) is 18.4. The van der Waals surface area contributed by atoms with E-state index in [4.69, 9.17) is 21.1 Å². The molecule has 1 amide bonds. The van der Waals surface area contributed by atoms with Crippen LogP contribution in [0.4, 0.5) is 0 Å². The van der Waals surface area contributed by atoms with Gasteiger partial charge in [0, 0.05) is 22.7 Å². The van der Waals surface area contributed by atoms with Crippen molar-refractivity contribution in [3.05, 3.63) is 58.2 Å². The molecule has 1 aliphatic rings. The van der Waals surface area contributed by atoms with E-state index >= 15 is 0 Å². The van der Waals surface area contributed by atoms with E-state index in [1.807, 2.05) is 36.9 Å². The molecule has 1 unspecified atom stereocenters. The van der Waals surface area contributed by atoms with E-state index in [-0.39, 0.29) is 11.7 Å². The minimum absolute atomic E-state index is 0.0488. The van der Waals surface area contributed by atoms with E-state index in [0.29, 0.717) is 59.1 Å². The smallest absolute Gasteiger partial charge is 0.273 e. The molecule has 0 spiro atoms. The maximum Gasteiger partial charge on any atom is 0.273 e. The summed E-state index contributed by atoms with van der Waals surface area (Å²) in [6.45, 7) is 9.96. The molecule has 0 aliphatic carbocycles. The number of fused-ring (bicyclic) bond motifs is 1. The molecule has 0 saturated heterocycles. The first-order chi connectivity index (χ1) is 16.8. The average molecular weight is 498 g/mol. The molecule has 35 heavy (non-hydrogen) atoms. The molecule has 8 heteroatoms. The largest absolute Gasteiger partial charge is 0.507 e. The lowest BCUT2D eigenvalue weighted by molar-refractivity contribution is 0.0743. The molecule has 186 valence electrons. The average Bonchev–Trinajstić information content (AvgIpc) is 3.36. The van der Waals surface area contributed by atoms with Crippen LogP contribution in [0.5, 0.6) is 17.2 Å². The van der Waals surface area contributed by atoms with Crippen LogP contribution in [0.15, 0.2) is 36.4 Å². The third kappa shape index (κ3) is 4.96. The van der Waals surface area contributed by atoms with E-state index in [2.05, 4.69) is 24.0 Å². The van der Waals surface area contributed by atoms with Gasteiger partial charge in [-0.05, 0) is 61.6 Å². The Morgan fingerprint density at radius 2 is 1.94 bits per heavy atom. The van der Waals surface area contributed by atoms with Crippen LogP contribution in [0.3, 0.4) is 0 Å². The predicted octanol–water partition coefficient (Wildman–Crippen LogP) is 6.21. The summed E-state index contributed by atoms with van der Waals surface area (Å²) in [6.07, 6.45) is 1.74. The second kappa shape index (κ2) is 10.6. The van der Waals surface area contributed by atoms with Gasteiger partial charge in [0.25, 0.3) is 5.91 Å². The summed E-state index contributed by atoms with van der Waals surface area (Å²) in [7, 11) is 0. The van der Waals surface area contributed by atoms with Crippen molar-refractivity contribution < 1.29 is 19.4 Å². The number of nitrogens with one attached hydrogen (secondary N) is 1. The van der Waals surface area contributed by atoms with E-state index < -0.39 is 6.04 Å². The van der Waals surface area contributed by atoms with Crippen LogP contribution in [0.1, 0.15) is 68.2 Å². The monoisotopic (exact) mass is 497 g/mol. The molecule has 1 aromatic heterocycles. The number of carbonyl (C=O) groups excluding carboxylic acids is 1. The number of carbonyl (C=O) groups is 1. The highest BCUT2D eigenvalue weighted by Crippen LogP contribution is 2.46. The number of amides is 1. The number of benzene rings is 2. The maximum absolute atomic E-state index is 13.4. The zero-order valence-electron chi connectivity index (χ0n) is 20.6. The fraction of sp³-hybridized carbons (Fsp3) is 0.407. The van der Waals surface area contributed by atoms with Gasteiger partial charge in [-0.15, -0.1) is 0 Å². The van der Waals surface area contributed by atoms with Crippen molar-refractivity contribution in [3.63, 3.8) is 0 Å². The first-order valence-corrected chi connectivity index (χ1v) is 12.5. The summed E-state index contributed by atoms with van der Waals surface area (Å²) in [4.78, 5) is 15.2. The van der Waals surface area contributed by atoms with E-state index in [1.54, 1.807) is 12.1 Å². The number of halogens is 1. The number of aromatic amines is 1. The number of aromatic nitrogens is 2. The Morgan fingerprint density at radius 3 is 2.66 bits per heavy atom. The standard InChI is InChI=1S/C27H32ClN3O4/c1-5-12-31-26(17-7-10-21(22(14-17)34-6-2)35-13-11-16(3)4)23-24(29-30-25(23)27(31)33)19-15-18(28)8-9-20(19)32/h7-10,14-16,26,32H,5-6,11-13H2,1-4H3,(H,29,30). The van der Waals surface area contributed by atoms with Gasteiger partial charge in [0.15, 0.2) is 11.5 Å². The molecule has 0 fully saturated rings. The molecule has 2 N–H and O–H groups in total. The zero-order chi connectivity index (χ0) is 25.1. The minimum atomic E-state index is -0.395. The minimum Gasteiger partial charge on any atom is -0.507 e. The number of phenolic OH excluding ortho intramolecular Hbond substituents is 1. The van der Waals surface area contributed by atoms with Crippen molar-refractivity contribution in [2.45, 2.75) is 46.6 Å². The number of hydrogen-bond donors (Lipinski definition) is 2. The van der Waals surface area contributed by atoms with Crippen molar-refractivity contribution in [1.82, 2.24) is 15.1 Å². The topological polar surface area (TPSA) is 87.7 Å². The molecule has 0 saturated carbocycles. The molecule has 1 aliphatic heterocycles. The van der Waals surface area contributed by atoms with Crippen molar-refractivity contribution in [3.8, 4) is 28.5 Å². The molecular formula is C27H32ClN3O4. The first-order valence-electron chi connectivity index (χ1n) is 12.1. The number of rotatable bonds is 10.